The summed E-state index contributed by atoms with van der Waals surface area (Å²) in [5.74, 6) is 0.571. The first-order valence-electron chi connectivity index (χ1n) is 8.75. The van der Waals surface area contributed by atoms with Gasteiger partial charge >= 0.3 is 12.0 Å². The van der Waals surface area contributed by atoms with Crippen molar-refractivity contribution in [1.82, 2.24) is 4.98 Å². The van der Waals surface area contributed by atoms with E-state index < -0.39 is 6.03 Å². The molecule has 4 rings (SSSR count). The Labute approximate surface area is 177 Å². The summed E-state index contributed by atoms with van der Waals surface area (Å²) < 4.78 is 5.88. The van der Waals surface area contributed by atoms with E-state index >= 15 is 0 Å². The number of hydrogen-bond acceptors (Lipinski definition) is 3. The highest BCUT2D eigenvalue weighted by Gasteiger charge is 2.18. The number of carbonyl (C=O) groups excluding carboxylic acids is 1. The van der Waals surface area contributed by atoms with Gasteiger partial charge in [-0.3, -0.25) is 5.32 Å². The van der Waals surface area contributed by atoms with E-state index in [1.807, 2.05) is 60.7 Å². The van der Waals surface area contributed by atoms with Gasteiger partial charge in [0, 0.05) is 16.8 Å². The van der Waals surface area contributed by atoms with Crippen LogP contribution in [0.1, 0.15) is 0 Å². The normalized spacial score (nSPS) is 10.6. The maximum atomic E-state index is 12.4. The Hall–Kier alpha value is -3.28. The summed E-state index contributed by atoms with van der Waals surface area (Å²) in [6.45, 7) is 0. The number of halogens is 2. The second-order valence-corrected chi connectivity index (χ2v) is 6.95. The number of oxazole rings is 1. The minimum atomic E-state index is -0.510. The topological polar surface area (TPSA) is 67.2 Å². The molecule has 0 saturated carbocycles. The first-order valence-corrected chi connectivity index (χ1v) is 9.50. The number of anilines is 2. The highest BCUT2D eigenvalue weighted by molar-refractivity contribution is 6.42. The van der Waals surface area contributed by atoms with Gasteiger partial charge in [-0.1, -0.05) is 83.9 Å². The molecule has 2 amide bonds. The lowest BCUT2D eigenvalue weighted by Crippen LogP contribution is -2.19. The van der Waals surface area contributed by atoms with E-state index in [0.29, 0.717) is 27.2 Å². The predicted octanol–water partition coefficient (Wildman–Crippen LogP) is 6.96. The summed E-state index contributed by atoms with van der Waals surface area (Å²) in [6.07, 6.45) is 0. The monoisotopic (exact) mass is 423 g/mol. The van der Waals surface area contributed by atoms with Crippen molar-refractivity contribution < 1.29 is 9.21 Å². The van der Waals surface area contributed by atoms with E-state index in [1.165, 1.54) is 0 Å². The first-order chi connectivity index (χ1) is 14.1. The largest absolute Gasteiger partial charge is 0.423 e. The van der Waals surface area contributed by atoms with Crippen molar-refractivity contribution in [3.8, 4) is 22.6 Å². The summed E-state index contributed by atoms with van der Waals surface area (Å²) >= 11 is 11.9. The zero-order chi connectivity index (χ0) is 20.2. The predicted molar refractivity (Wildman–Crippen MR) is 116 cm³/mol. The molecule has 5 nitrogen and oxygen atoms in total. The van der Waals surface area contributed by atoms with Crippen molar-refractivity contribution in [3.05, 3.63) is 88.9 Å². The summed E-state index contributed by atoms with van der Waals surface area (Å²) in [7, 11) is 0. The molecule has 0 aliphatic carbocycles. The molecule has 2 N–H and O–H groups in total. The molecular formula is C22H15Cl2N3O2. The highest BCUT2D eigenvalue weighted by Crippen LogP contribution is 2.34. The molecule has 3 aromatic carbocycles. The number of hydrogen-bond donors (Lipinski definition) is 2. The molecule has 4 aromatic rings. The molecule has 0 radical (unpaired) electrons. The third kappa shape index (κ3) is 4.42. The molecule has 0 fully saturated rings. The van der Waals surface area contributed by atoms with Crippen LogP contribution >= 0.6 is 23.2 Å². The van der Waals surface area contributed by atoms with Gasteiger partial charge in [0.15, 0.2) is 5.76 Å². The number of carbonyl (C=O) groups is 1. The third-order valence-electron chi connectivity index (χ3n) is 4.11. The van der Waals surface area contributed by atoms with Crippen molar-refractivity contribution in [2.45, 2.75) is 0 Å². The summed E-state index contributed by atoms with van der Waals surface area (Å²) in [5, 5.41) is 6.05. The molecule has 1 aromatic heterocycles. The SMILES string of the molecule is O=C(Nc1ccc(Cl)c(Cl)c1)Nc1nc(-c2ccccc2)c(-c2ccccc2)o1. The fraction of sp³-hybridized carbons (Fsp3) is 0. The van der Waals surface area contributed by atoms with Gasteiger partial charge in [0.25, 0.3) is 0 Å². The molecule has 1 heterocycles. The number of benzene rings is 3. The van der Waals surface area contributed by atoms with E-state index in [9.17, 15) is 4.79 Å². The minimum Gasteiger partial charge on any atom is -0.423 e. The lowest BCUT2D eigenvalue weighted by atomic mass is 10.1. The Kier molecular flexibility index (Phi) is 5.51. The van der Waals surface area contributed by atoms with Gasteiger partial charge in [0.1, 0.15) is 5.69 Å². The lowest BCUT2D eigenvalue weighted by molar-refractivity contribution is 0.261. The van der Waals surface area contributed by atoms with Crippen LogP contribution in [0.5, 0.6) is 0 Å². The second-order valence-electron chi connectivity index (χ2n) is 6.14. The van der Waals surface area contributed by atoms with E-state index in [0.717, 1.165) is 11.1 Å². The van der Waals surface area contributed by atoms with Crippen molar-refractivity contribution in [2.75, 3.05) is 10.6 Å². The van der Waals surface area contributed by atoms with Crippen LogP contribution in [0.15, 0.2) is 83.3 Å². The molecule has 144 valence electrons. The van der Waals surface area contributed by atoms with Gasteiger partial charge in [-0.2, -0.15) is 4.98 Å². The van der Waals surface area contributed by atoms with Crippen LogP contribution in [0.3, 0.4) is 0 Å². The van der Waals surface area contributed by atoms with Crippen molar-refractivity contribution in [3.63, 3.8) is 0 Å². The fourth-order valence-corrected chi connectivity index (χ4v) is 3.08. The van der Waals surface area contributed by atoms with Crippen LogP contribution in [0.25, 0.3) is 22.6 Å². The number of nitrogens with one attached hydrogen (secondary N) is 2. The van der Waals surface area contributed by atoms with Crippen molar-refractivity contribution >= 4 is 40.9 Å². The van der Waals surface area contributed by atoms with Crippen LogP contribution in [-0.4, -0.2) is 11.0 Å². The van der Waals surface area contributed by atoms with Crippen LogP contribution in [-0.2, 0) is 0 Å². The zero-order valence-electron chi connectivity index (χ0n) is 15.0. The minimum absolute atomic E-state index is 0.0836. The van der Waals surface area contributed by atoms with Gasteiger partial charge in [-0.25, -0.2) is 4.79 Å². The van der Waals surface area contributed by atoms with E-state index in [-0.39, 0.29) is 6.01 Å². The molecule has 0 aliphatic heterocycles. The Morgan fingerprint density at radius 1 is 0.793 bits per heavy atom. The second kappa shape index (κ2) is 8.39. The number of urea groups is 1. The van der Waals surface area contributed by atoms with Crippen LogP contribution in [0.4, 0.5) is 16.5 Å². The summed E-state index contributed by atoms with van der Waals surface area (Å²) in [5.41, 5.74) is 2.88. The smallest absolute Gasteiger partial charge is 0.327 e. The van der Waals surface area contributed by atoms with Crippen LogP contribution in [0, 0.1) is 0 Å². The Morgan fingerprint density at radius 3 is 2.10 bits per heavy atom. The van der Waals surface area contributed by atoms with Gasteiger partial charge in [-0.05, 0) is 18.2 Å². The van der Waals surface area contributed by atoms with E-state index in [2.05, 4.69) is 15.6 Å². The van der Waals surface area contributed by atoms with Gasteiger partial charge in [-0.15, -0.1) is 0 Å². The molecule has 0 spiro atoms. The average molecular weight is 424 g/mol. The Bertz CT molecular complexity index is 1090. The van der Waals surface area contributed by atoms with Gasteiger partial charge in [0.05, 0.1) is 10.0 Å². The molecule has 0 unspecified atom stereocenters. The van der Waals surface area contributed by atoms with Crippen LogP contribution < -0.4 is 10.6 Å². The number of amides is 2. The maximum Gasteiger partial charge on any atom is 0.327 e. The van der Waals surface area contributed by atoms with Crippen molar-refractivity contribution in [2.24, 2.45) is 0 Å². The average Bonchev–Trinajstić information content (AvgIpc) is 3.16. The molecule has 0 aliphatic rings. The number of nitrogens with zero attached hydrogens (tertiary/aromatic N) is 1. The van der Waals surface area contributed by atoms with E-state index in [1.54, 1.807) is 18.2 Å². The lowest BCUT2D eigenvalue weighted by Gasteiger charge is -2.05. The quantitative estimate of drug-likeness (QED) is 0.372. The van der Waals surface area contributed by atoms with Crippen LogP contribution in [0.2, 0.25) is 10.0 Å². The van der Waals surface area contributed by atoms with Crippen molar-refractivity contribution in [1.29, 1.82) is 0 Å². The maximum absolute atomic E-state index is 12.4. The number of aromatic nitrogens is 1. The highest BCUT2D eigenvalue weighted by atomic mass is 35.5. The Balaban J connectivity index is 1.61. The fourth-order valence-electron chi connectivity index (χ4n) is 2.78. The summed E-state index contributed by atoms with van der Waals surface area (Å²) in [4.78, 5) is 16.9. The molecule has 0 saturated heterocycles. The molecule has 29 heavy (non-hydrogen) atoms. The summed E-state index contributed by atoms with van der Waals surface area (Å²) in [6, 6.07) is 23.6. The van der Waals surface area contributed by atoms with Gasteiger partial charge < -0.3 is 9.73 Å². The zero-order valence-corrected chi connectivity index (χ0v) is 16.5. The third-order valence-corrected chi connectivity index (χ3v) is 4.85. The first kappa shape index (κ1) is 19.1. The van der Waals surface area contributed by atoms with Gasteiger partial charge in [0.2, 0.25) is 0 Å². The molecule has 7 heteroatoms. The molecule has 0 atom stereocenters. The molecular weight excluding hydrogens is 409 g/mol. The molecule has 0 bridgehead atoms. The number of rotatable bonds is 4. The standard InChI is InChI=1S/C22H15Cl2N3O2/c23-17-12-11-16(13-18(17)24)25-21(28)27-22-26-19(14-7-3-1-4-8-14)20(29-22)15-9-5-2-6-10-15/h1-13H,(H2,25,26,27,28). The van der Waals surface area contributed by atoms with E-state index in [4.69, 9.17) is 27.6 Å². The Morgan fingerprint density at radius 2 is 1.45 bits per heavy atom.